The molecule has 0 aromatic rings. The van der Waals surface area contributed by atoms with Gasteiger partial charge in [0.1, 0.15) is 5.92 Å². The van der Waals surface area contributed by atoms with Crippen LogP contribution in [0.15, 0.2) is 23.3 Å². The summed E-state index contributed by atoms with van der Waals surface area (Å²) in [6, 6.07) is 0. The van der Waals surface area contributed by atoms with Gasteiger partial charge in [-0.1, -0.05) is 6.08 Å². The van der Waals surface area contributed by atoms with Crippen LogP contribution in [0.5, 0.6) is 0 Å². The van der Waals surface area contributed by atoms with Gasteiger partial charge >= 0.3 is 6.18 Å². The Morgan fingerprint density at radius 1 is 1.45 bits per heavy atom. The van der Waals surface area contributed by atoms with E-state index >= 15 is 0 Å². The van der Waals surface area contributed by atoms with Crippen molar-refractivity contribution >= 4 is 11.7 Å². The first-order valence-corrected chi connectivity index (χ1v) is 6.18. The number of allylic oxidation sites excluding steroid dienone is 2. The van der Waals surface area contributed by atoms with Crippen LogP contribution < -0.4 is 0 Å². The summed E-state index contributed by atoms with van der Waals surface area (Å²) in [5, 5.41) is 9.37. The molecular weight excluding hydrogens is 275 g/mol. The summed E-state index contributed by atoms with van der Waals surface area (Å²) in [6.07, 6.45) is -3.40. The van der Waals surface area contributed by atoms with Gasteiger partial charge in [-0.25, -0.2) is 0 Å². The number of ketones is 1. The molecule has 1 amide bonds. The Bertz CT molecular complexity index is 507. The van der Waals surface area contributed by atoms with Crippen molar-refractivity contribution in [3.8, 4) is 0 Å². The highest BCUT2D eigenvalue weighted by atomic mass is 19.4. The molecule has 1 saturated heterocycles. The van der Waals surface area contributed by atoms with Crippen LogP contribution in [-0.2, 0) is 9.59 Å². The number of hydrogen-bond donors (Lipinski definition) is 1. The Morgan fingerprint density at radius 2 is 2.10 bits per heavy atom. The Kier molecular flexibility index (Phi) is 3.73. The van der Waals surface area contributed by atoms with Gasteiger partial charge in [0.2, 0.25) is 0 Å². The minimum absolute atomic E-state index is 0.105. The third-order valence-electron chi connectivity index (χ3n) is 3.46. The van der Waals surface area contributed by atoms with Gasteiger partial charge < -0.3 is 10.0 Å². The monoisotopic (exact) mass is 289 g/mol. The lowest BCUT2D eigenvalue weighted by Crippen LogP contribution is -2.35. The topological polar surface area (TPSA) is 57.6 Å². The molecule has 1 aliphatic heterocycles. The van der Waals surface area contributed by atoms with Crippen LogP contribution in [0.2, 0.25) is 0 Å². The molecule has 0 bridgehead atoms. The highest BCUT2D eigenvalue weighted by Gasteiger charge is 2.45. The zero-order chi connectivity index (χ0) is 15.1. The van der Waals surface area contributed by atoms with Crippen molar-refractivity contribution in [1.29, 1.82) is 0 Å². The minimum atomic E-state index is -4.70. The minimum Gasteiger partial charge on any atom is -0.391 e. The highest BCUT2D eigenvalue weighted by molar-refractivity contribution is 6.05. The standard InChI is InChI=1S/C13H14F3NO3/c1-7-4-11(19)10(13(14,15)16)5-9(7)12(20)17-3-2-8(18)6-17/h4-5,8,10,18H,2-3,6H2,1H3. The first-order chi connectivity index (χ1) is 9.20. The van der Waals surface area contributed by atoms with Crippen molar-refractivity contribution in [3.05, 3.63) is 23.3 Å². The van der Waals surface area contributed by atoms with Gasteiger partial charge in [0, 0.05) is 18.7 Å². The molecule has 2 rings (SSSR count). The van der Waals surface area contributed by atoms with Crippen molar-refractivity contribution < 1.29 is 27.9 Å². The molecule has 0 aromatic heterocycles. The van der Waals surface area contributed by atoms with Crippen molar-refractivity contribution in [1.82, 2.24) is 4.90 Å². The van der Waals surface area contributed by atoms with Crippen molar-refractivity contribution in [2.24, 2.45) is 5.92 Å². The summed E-state index contributed by atoms with van der Waals surface area (Å²) < 4.78 is 38.2. The lowest BCUT2D eigenvalue weighted by Gasteiger charge is -2.24. The highest BCUT2D eigenvalue weighted by Crippen LogP contribution is 2.34. The lowest BCUT2D eigenvalue weighted by atomic mass is 9.89. The van der Waals surface area contributed by atoms with E-state index in [0.717, 1.165) is 6.08 Å². The number of aliphatic hydroxyl groups is 1. The second-order valence-corrected chi connectivity index (χ2v) is 5.02. The number of halogens is 3. The third kappa shape index (κ3) is 2.77. The number of alkyl halides is 3. The number of β-amino-alcohol motifs (C(OH)–C–C–N with tert-alkyl or cyclic N) is 1. The number of carbonyl (C=O) groups excluding carboxylic acids is 2. The van der Waals surface area contributed by atoms with Gasteiger partial charge in [0.15, 0.2) is 5.78 Å². The molecule has 2 aliphatic rings. The molecule has 0 radical (unpaired) electrons. The van der Waals surface area contributed by atoms with E-state index in [1.54, 1.807) is 0 Å². The summed E-state index contributed by atoms with van der Waals surface area (Å²) >= 11 is 0. The van der Waals surface area contributed by atoms with Crippen molar-refractivity contribution in [2.45, 2.75) is 25.6 Å². The Balaban J connectivity index is 2.27. The number of nitrogens with zero attached hydrogens (tertiary/aromatic N) is 1. The third-order valence-corrected chi connectivity index (χ3v) is 3.46. The summed E-state index contributed by atoms with van der Waals surface area (Å²) in [5.74, 6) is -3.90. The molecule has 0 spiro atoms. The van der Waals surface area contributed by atoms with Gasteiger partial charge in [0.25, 0.3) is 5.91 Å². The molecule has 110 valence electrons. The second kappa shape index (κ2) is 5.05. The summed E-state index contributed by atoms with van der Waals surface area (Å²) in [6.45, 7) is 1.84. The summed E-state index contributed by atoms with van der Waals surface area (Å²) in [5.41, 5.74) is 0.114. The maximum Gasteiger partial charge on any atom is 0.402 e. The predicted octanol–water partition coefficient (Wildman–Crippen LogP) is 1.21. The number of rotatable bonds is 1. The zero-order valence-electron chi connectivity index (χ0n) is 10.8. The van der Waals surface area contributed by atoms with Gasteiger partial charge in [-0.2, -0.15) is 13.2 Å². The molecule has 1 N–H and O–H groups in total. The van der Waals surface area contributed by atoms with Crippen LogP contribution in [0.4, 0.5) is 13.2 Å². The average molecular weight is 289 g/mol. The molecule has 20 heavy (non-hydrogen) atoms. The second-order valence-electron chi connectivity index (χ2n) is 5.02. The van der Waals surface area contributed by atoms with E-state index in [4.69, 9.17) is 0 Å². The van der Waals surface area contributed by atoms with E-state index in [9.17, 15) is 27.9 Å². The molecule has 2 unspecified atom stereocenters. The van der Waals surface area contributed by atoms with E-state index in [-0.39, 0.29) is 17.7 Å². The largest absolute Gasteiger partial charge is 0.402 e. The molecule has 1 aliphatic carbocycles. The fourth-order valence-electron chi connectivity index (χ4n) is 2.35. The van der Waals surface area contributed by atoms with Gasteiger partial charge in [0.05, 0.1) is 6.10 Å². The van der Waals surface area contributed by atoms with Gasteiger partial charge in [-0.05, 0) is 25.0 Å². The summed E-state index contributed by atoms with van der Waals surface area (Å²) in [4.78, 5) is 24.9. The van der Waals surface area contributed by atoms with Crippen LogP contribution in [-0.4, -0.2) is 47.1 Å². The molecular formula is C13H14F3NO3. The van der Waals surface area contributed by atoms with E-state index in [2.05, 4.69) is 0 Å². The van der Waals surface area contributed by atoms with E-state index < -0.39 is 29.9 Å². The van der Waals surface area contributed by atoms with E-state index in [0.29, 0.717) is 19.0 Å². The number of amides is 1. The number of likely N-dealkylation sites (tertiary alicyclic amines) is 1. The number of aliphatic hydroxyl groups excluding tert-OH is 1. The molecule has 0 aromatic carbocycles. The summed E-state index contributed by atoms with van der Waals surface area (Å²) in [7, 11) is 0. The Morgan fingerprint density at radius 3 is 2.60 bits per heavy atom. The zero-order valence-corrected chi connectivity index (χ0v) is 10.8. The van der Waals surface area contributed by atoms with Crippen LogP contribution in [0.25, 0.3) is 0 Å². The normalized spacial score (nSPS) is 27.4. The average Bonchev–Trinajstić information content (AvgIpc) is 2.73. The first kappa shape index (κ1) is 14.8. The quantitative estimate of drug-likeness (QED) is 0.789. The maximum absolute atomic E-state index is 12.7. The Labute approximate surface area is 113 Å². The van der Waals surface area contributed by atoms with E-state index in [1.807, 2.05) is 0 Å². The smallest absolute Gasteiger partial charge is 0.391 e. The van der Waals surface area contributed by atoms with Crippen LogP contribution in [0, 0.1) is 5.92 Å². The number of carbonyl (C=O) groups is 2. The molecule has 1 heterocycles. The van der Waals surface area contributed by atoms with Crippen molar-refractivity contribution in [3.63, 3.8) is 0 Å². The lowest BCUT2D eigenvalue weighted by molar-refractivity contribution is -0.168. The first-order valence-electron chi connectivity index (χ1n) is 6.18. The van der Waals surface area contributed by atoms with Crippen LogP contribution >= 0.6 is 0 Å². The van der Waals surface area contributed by atoms with Crippen molar-refractivity contribution in [2.75, 3.05) is 13.1 Å². The van der Waals surface area contributed by atoms with Gasteiger partial charge in [-0.3, -0.25) is 9.59 Å². The van der Waals surface area contributed by atoms with Gasteiger partial charge in [-0.15, -0.1) is 0 Å². The molecule has 2 atom stereocenters. The maximum atomic E-state index is 12.7. The Hall–Kier alpha value is -1.63. The fourth-order valence-corrected chi connectivity index (χ4v) is 2.35. The molecule has 4 nitrogen and oxygen atoms in total. The predicted molar refractivity (Wildman–Crippen MR) is 63.6 cm³/mol. The molecule has 7 heteroatoms. The molecule has 0 saturated carbocycles. The van der Waals surface area contributed by atoms with E-state index in [1.165, 1.54) is 11.8 Å². The van der Waals surface area contributed by atoms with Crippen LogP contribution in [0.1, 0.15) is 13.3 Å². The fraction of sp³-hybridized carbons (Fsp3) is 0.538. The SMILES string of the molecule is CC1=CC(=O)C(C(F)(F)F)C=C1C(=O)N1CCC(O)C1. The van der Waals surface area contributed by atoms with Crippen LogP contribution in [0.3, 0.4) is 0 Å². The number of hydrogen-bond acceptors (Lipinski definition) is 3. The molecule has 1 fully saturated rings.